The van der Waals surface area contributed by atoms with Crippen LogP contribution in [0.1, 0.15) is 15.3 Å². The van der Waals surface area contributed by atoms with Gasteiger partial charge in [-0.05, 0) is 35.7 Å². The van der Waals surface area contributed by atoms with Gasteiger partial charge in [0.25, 0.3) is 0 Å². The zero-order chi connectivity index (χ0) is 24.3. The molecule has 2 N–H and O–H groups in total. The van der Waals surface area contributed by atoms with Crippen molar-refractivity contribution in [1.29, 1.82) is 0 Å². The fourth-order valence-electron chi connectivity index (χ4n) is 5.16. The van der Waals surface area contributed by atoms with E-state index in [0.717, 1.165) is 10.6 Å². The minimum atomic E-state index is -4.44. The summed E-state index contributed by atoms with van der Waals surface area (Å²) in [4.78, 5) is 22.1. The van der Waals surface area contributed by atoms with E-state index >= 15 is 0 Å². The summed E-state index contributed by atoms with van der Waals surface area (Å²) >= 11 is 0.557. The summed E-state index contributed by atoms with van der Waals surface area (Å²) in [6.45, 7) is 0.412. The van der Waals surface area contributed by atoms with Crippen LogP contribution in [0.3, 0.4) is 0 Å². The number of halogens is 4. The summed E-state index contributed by atoms with van der Waals surface area (Å²) < 4.78 is 52.9. The van der Waals surface area contributed by atoms with Gasteiger partial charge < -0.3 is 15.1 Å². The lowest BCUT2D eigenvalue weighted by Crippen LogP contribution is -2.61. The van der Waals surface area contributed by atoms with E-state index < -0.39 is 34.1 Å². The second kappa shape index (κ2) is 8.14. The molecule has 3 heterocycles. The Morgan fingerprint density at radius 3 is 2.50 bits per heavy atom. The first-order valence-corrected chi connectivity index (χ1v) is 11.4. The number of nitrogens with zero attached hydrogens (tertiary/aromatic N) is 4. The van der Waals surface area contributed by atoms with E-state index in [1.54, 1.807) is 4.90 Å². The molecule has 3 aromatic rings. The van der Waals surface area contributed by atoms with Gasteiger partial charge in [0.15, 0.2) is 0 Å². The van der Waals surface area contributed by atoms with Crippen LogP contribution in [0, 0.1) is 23.6 Å². The SMILES string of the molecule is O=c1nc(N2CC3C(CO)C(O)(c4ccc(F)cc4)C3C2)ncn1Cc1ccc(C(F)(F)F)s1. The van der Waals surface area contributed by atoms with Crippen LogP contribution in [0.15, 0.2) is 47.5 Å². The van der Waals surface area contributed by atoms with E-state index in [1.807, 2.05) is 0 Å². The molecule has 4 unspecified atom stereocenters. The molecule has 1 aliphatic heterocycles. The number of alkyl halides is 3. The third kappa shape index (κ3) is 3.69. The molecule has 0 amide bonds. The molecule has 0 spiro atoms. The van der Waals surface area contributed by atoms with Gasteiger partial charge in [0.1, 0.15) is 17.0 Å². The Labute approximate surface area is 194 Å². The van der Waals surface area contributed by atoms with Crippen molar-refractivity contribution in [2.45, 2.75) is 18.3 Å². The number of benzene rings is 1. The number of anilines is 1. The van der Waals surface area contributed by atoms with Crippen LogP contribution in [-0.2, 0) is 18.3 Å². The second-order valence-corrected chi connectivity index (χ2v) is 9.80. The Morgan fingerprint density at radius 2 is 1.88 bits per heavy atom. The predicted molar refractivity (Wildman–Crippen MR) is 115 cm³/mol. The number of aliphatic hydroxyl groups is 2. The number of hydrogen-bond donors (Lipinski definition) is 2. The Balaban J connectivity index is 1.34. The molecule has 0 radical (unpaired) electrons. The van der Waals surface area contributed by atoms with Gasteiger partial charge in [-0.15, -0.1) is 11.3 Å². The molecule has 1 saturated carbocycles. The molecule has 180 valence electrons. The second-order valence-electron chi connectivity index (χ2n) is 8.63. The van der Waals surface area contributed by atoms with Gasteiger partial charge in [-0.2, -0.15) is 18.2 Å². The molecule has 2 aliphatic rings. The van der Waals surface area contributed by atoms with E-state index in [4.69, 9.17) is 0 Å². The Kier molecular flexibility index (Phi) is 5.49. The zero-order valence-electron chi connectivity index (χ0n) is 17.6. The number of thiophene rings is 1. The molecule has 5 rings (SSSR count). The molecular weight excluding hydrogens is 476 g/mol. The Bertz CT molecular complexity index is 1260. The summed E-state index contributed by atoms with van der Waals surface area (Å²) in [5.41, 5.74) is -1.48. The molecule has 1 saturated heterocycles. The molecule has 0 bridgehead atoms. The van der Waals surface area contributed by atoms with E-state index in [9.17, 15) is 32.6 Å². The lowest BCUT2D eigenvalue weighted by Gasteiger charge is -2.55. The fourth-order valence-corrected chi connectivity index (χ4v) is 6.04. The first-order chi connectivity index (χ1) is 16.1. The van der Waals surface area contributed by atoms with E-state index in [0.29, 0.717) is 34.9 Å². The minimum Gasteiger partial charge on any atom is -0.396 e. The van der Waals surface area contributed by atoms with Gasteiger partial charge in [-0.3, -0.25) is 4.57 Å². The van der Waals surface area contributed by atoms with Gasteiger partial charge in [0, 0.05) is 36.4 Å². The minimum absolute atomic E-state index is 0.0713. The maximum atomic E-state index is 13.4. The number of rotatable bonds is 5. The summed E-state index contributed by atoms with van der Waals surface area (Å²) in [5.74, 6) is -1.08. The molecule has 1 aliphatic carbocycles. The van der Waals surface area contributed by atoms with Gasteiger partial charge in [-0.1, -0.05) is 12.1 Å². The molecule has 2 fully saturated rings. The molecular formula is C22H20F4N4O3S. The quantitative estimate of drug-likeness (QED) is 0.528. The van der Waals surface area contributed by atoms with Crippen molar-refractivity contribution in [2.75, 3.05) is 24.6 Å². The number of hydrogen-bond acceptors (Lipinski definition) is 7. The third-order valence-corrected chi connectivity index (χ3v) is 7.93. The number of aromatic nitrogens is 3. The highest BCUT2D eigenvalue weighted by Gasteiger charge is 2.65. The summed E-state index contributed by atoms with van der Waals surface area (Å²) in [6.07, 6.45) is -3.20. The maximum Gasteiger partial charge on any atom is 0.425 e. The van der Waals surface area contributed by atoms with Crippen LogP contribution in [0.25, 0.3) is 0 Å². The van der Waals surface area contributed by atoms with E-state index in [-0.39, 0.29) is 30.9 Å². The first-order valence-electron chi connectivity index (χ1n) is 10.5. The van der Waals surface area contributed by atoms with Crippen molar-refractivity contribution in [3.8, 4) is 0 Å². The maximum absolute atomic E-state index is 13.4. The van der Waals surface area contributed by atoms with Crippen molar-refractivity contribution < 1.29 is 27.8 Å². The molecule has 4 atom stereocenters. The number of aliphatic hydroxyl groups excluding tert-OH is 1. The molecule has 12 heteroatoms. The van der Waals surface area contributed by atoms with Gasteiger partial charge >= 0.3 is 11.9 Å². The Hall–Kier alpha value is -2.83. The highest BCUT2D eigenvalue weighted by atomic mass is 32.1. The van der Waals surface area contributed by atoms with E-state index in [2.05, 4.69) is 9.97 Å². The predicted octanol–water partition coefficient (Wildman–Crippen LogP) is 2.47. The third-order valence-electron chi connectivity index (χ3n) is 6.82. The summed E-state index contributed by atoms with van der Waals surface area (Å²) in [7, 11) is 0. The first kappa shape index (κ1) is 22.9. The van der Waals surface area contributed by atoms with Crippen LogP contribution in [0.2, 0.25) is 0 Å². The lowest BCUT2D eigenvalue weighted by atomic mass is 9.53. The molecule has 7 nitrogen and oxygen atoms in total. The summed E-state index contributed by atoms with van der Waals surface area (Å²) in [5, 5.41) is 21.3. The highest BCUT2D eigenvalue weighted by molar-refractivity contribution is 7.12. The van der Waals surface area contributed by atoms with Gasteiger partial charge in [0.2, 0.25) is 5.95 Å². The largest absolute Gasteiger partial charge is 0.425 e. The van der Waals surface area contributed by atoms with Crippen molar-refractivity contribution >= 4 is 17.3 Å². The van der Waals surface area contributed by atoms with E-state index in [1.165, 1.54) is 36.7 Å². The Morgan fingerprint density at radius 1 is 1.15 bits per heavy atom. The average Bonchev–Trinajstić information content (AvgIpc) is 3.42. The normalized spacial score (nSPS) is 26.4. The van der Waals surface area contributed by atoms with Crippen LogP contribution >= 0.6 is 11.3 Å². The average molecular weight is 496 g/mol. The number of fused-ring (bicyclic) bond motifs is 1. The zero-order valence-corrected chi connectivity index (χ0v) is 18.4. The van der Waals surface area contributed by atoms with Crippen molar-refractivity contribution in [2.24, 2.45) is 17.8 Å². The van der Waals surface area contributed by atoms with Crippen molar-refractivity contribution in [1.82, 2.24) is 14.5 Å². The fraction of sp³-hybridized carbons (Fsp3) is 0.409. The molecule has 1 aromatic carbocycles. The van der Waals surface area contributed by atoms with Crippen LogP contribution < -0.4 is 10.6 Å². The smallest absolute Gasteiger partial charge is 0.396 e. The lowest BCUT2D eigenvalue weighted by molar-refractivity contribution is -0.199. The van der Waals surface area contributed by atoms with Crippen molar-refractivity contribution in [3.63, 3.8) is 0 Å². The standard InChI is InChI=1S/C22H20F4N4O3S/c23-13-3-1-12(2-4-13)21(33)16-9-29(8-15(16)17(21)10-31)19-27-11-30(20(32)28-19)7-14-5-6-18(34-14)22(24,25)26/h1-6,11,15-17,31,33H,7-10H2. The van der Waals surface area contributed by atoms with Crippen LogP contribution in [0.5, 0.6) is 0 Å². The van der Waals surface area contributed by atoms with Crippen molar-refractivity contribution in [3.05, 3.63) is 74.3 Å². The van der Waals surface area contributed by atoms with Crippen LogP contribution in [0.4, 0.5) is 23.5 Å². The summed E-state index contributed by atoms with van der Waals surface area (Å²) in [6, 6.07) is 7.82. The monoisotopic (exact) mass is 496 g/mol. The molecule has 34 heavy (non-hydrogen) atoms. The van der Waals surface area contributed by atoms with Gasteiger partial charge in [-0.25, -0.2) is 14.2 Å². The van der Waals surface area contributed by atoms with Crippen LogP contribution in [-0.4, -0.2) is 44.4 Å². The molecule has 2 aromatic heterocycles. The van der Waals surface area contributed by atoms with Gasteiger partial charge in [0.05, 0.1) is 12.1 Å². The topological polar surface area (TPSA) is 91.5 Å². The highest BCUT2D eigenvalue weighted by Crippen LogP contribution is 2.58.